The van der Waals surface area contributed by atoms with Crippen LogP contribution in [0.2, 0.25) is 0 Å². The average Bonchev–Trinajstić information content (AvgIpc) is 1.54. The summed E-state index contributed by atoms with van der Waals surface area (Å²) in [5.74, 6) is 1.78. The average molecular weight is 1880 g/mol. The van der Waals surface area contributed by atoms with E-state index in [0.29, 0.717) is 35.0 Å². The molecule has 0 aliphatic carbocycles. The maximum Gasteiger partial charge on any atom is 0.238 e. The molecule has 0 saturated heterocycles. The van der Waals surface area contributed by atoms with Gasteiger partial charge in [-0.1, -0.05) is 370 Å². The Hall–Kier alpha value is -18.4. The Morgan fingerprint density at radius 1 is 0.182 bits per heavy atom. The van der Waals surface area contributed by atoms with Gasteiger partial charge in [0.2, 0.25) is 35.0 Å². The first-order chi connectivity index (χ1) is 71.0. The first kappa shape index (κ1) is 79.7. The molecule has 0 unspecified atom stereocenters. The number of thiophene rings is 3. The number of nitrogens with zero attached hydrogens (tertiary/aromatic N) is 9. The Labute approximate surface area is 824 Å². The highest BCUT2D eigenvalue weighted by atomic mass is 32.1. The number of fused-ring (bicyclic) bond motifs is 41. The van der Waals surface area contributed by atoms with Crippen LogP contribution in [0.15, 0.2) is 444 Å². The second-order valence-electron chi connectivity index (χ2n) is 36.8. The summed E-state index contributed by atoms with van der Waals surface area (Å²) in [5.41, 5.74) is 18.7. The maximum absolute atomic E-state index is 6.52. The van der Waals surface area contributed by atoms with Crippen LogP contribution in [-0.2, 0) is 0 Å². The number of hydrogen-bond donors (Lipinski definition) is 0. The molecule has 15 heteroatoms. The molecule has 12 nitrogen and oxygen atoms in total. The van der Waals surface area contributed by atoms with Crippen molar-refractivity contribution in [3.63, 3.8) is 0 Å². The van der Waals surface area contributed by atoms with Crippen LogP contribution in [0, 0.1) is 0 Å². The molecule has 33 rings (SSSR count). The Morgan fingerprint density at radius 3 is 0.916 bits per heavy atom. The summed E-state index contributed by atoms with van der Waals surface area (Å²) in [6, 6.07) is 152. The first-order valence-corrected chi connectivity index (χ1v) is 50.4. The molecule has 0 fully saturated rings. The van der Waals surface area contributed by atoms with Gasteiger partial charge >= 0.3 is 0 Å². The van der Waals surface area contributed by atoms with Crippen molar-refractivity contribution < 1.29 is 13.3 Å². The highest BCUT2D eigenvalue weighted by molar-refractivity contribution is 7.28. The van der Waals surface area contributed by atoms with Crippen molar-refractivity contribution in [2.24, 2.45) is 0 Å². The molecular formula is C128H71N9O3S3. The lowest BCUT2D eigenvalue weighted by atomic mass is 9.99. The van der Waals surface area contributed by atoms with Crippen LogP contribution < -0.4 is 0 Å². The van der Waals surface area contributed by atoms with Crippen LogP contribution >= 0.6 is 34.0 Å². The van der Waals surface area contributed by atoms with Crippen LogP contribution in [0.4, 0.5) is 0 Å². The van der Waals surface area contributed by atoms with E-state index in [9.17, 15) is 0 Å². The van der Waals surface area contributed by atoms with Gasteiger partial charge in [-0.3, -0.25) is 13.7 Å². The minimum absolute atomic E-state index is 0.575. The number of furan rings is 3. The lowest BCUT2D eigenvalue weighted by Gasteiger charge is -2.12. The quantitative estimate of drug-likeness (QED) is 0.153. The standard InChI is InChI=1S/C44H25N3OS.2C42H23N3OS/c1-2-12-26(13-3-1)27-22-24-28(25-23-27)40-38-32-17-7-10-20-35(32)48-43(38)46-44(45-40)47-34-19-9-6-16-31(34)39-41(47)30-15-5-4-14-29(30)37-33-18-8-11-21-36(33)49-42(37)39;1-2-14-25-24(12-1)13-11-20-27(25)38-36-30-18-6-9-22-33(30)46-41(36)44-42(43-38)45-32-21-8-5-17-29(32)37-39(45)28-16-4-3-15-26(28)35-31-19-7-10-23-34(31)47-40(35)37;1-2-12-25-23-26(22-21-24(25)11-1)38-36-30-16-6-9-19-33(30)46-41(36)44-42(43-38)45-32-18-8-5-15-29(32)37-39(45)28-14-4-3-13-27(28)35-31-17-7-10-20-34(31)47-40(35)37/h1-25H;2*1-23H. The Bertz CT molecular complexity index is 11300. The van der Waals surface area contributed by atoms with Gasteiger partial charge in [0.05, 0.1) is 66.3 Å². The van der Waals surface area contributed by atoms with Crippen molar-refractivity contribution in [3.05, 3.63) is 431 Å². The molecule has 0 amide bonds. The van der Waals surface area contributed by atoms with Crippen molar-refractivity contribution in [1.29, 1.82) is 0 Å². The summed E-state index contributed by atoms with van der Waals surface area (Å²) < 4.78 is 34.0. The van der Waals surface area contributed by atoms with Gasteiger partial charge in [0.25, 0.3) is 0 Å². The van der Waals surface area contributed by atoms with Gasteiger partial charge in [-0.2, -0.15) is 15.0 Å². The third-order valence-corrected chi connectivity index (χ3v) is 32.6. The zero-order valence-electron chi connectivity index (χ0n) is 76.0. The zero-order chi connectivity index (χ0) is 93.3. The van der Waals surface area contributed by atoms with Crippen molar-refractivity contribution in [1.82, 2.24) is 43.6 Å². The van der Waals surface area contributed by atoms with Gasteiger partial charge in [-0.25, -0.2) is 15.0 Å². The number of aromatic nitrogens is 9. The van der Waals surface area contributed by atoms with Crippen molar-refractivity contribution in [3.8, 4) is 62.7 Å². The van der Waals surface area contributed by atoms with Gasteiger partial charge < -0.3 is 13.3 Å². The second-order valence-corrected chi connectivity index (χ2v) is 39.9. The van der Waals surface area contributed by atoms with Gasteiger partial charge in [-0.05, 0) is 109 Å². The number of benzene rings is 21. The van der Waals surface area contributed by atoms with E-state index in [2.05, 4.69) is 384 Å². The van der Waals surface area contributed by atoms with E-state index >= 15 is 0 Å². The molecule has 0 spiro atoms. The summed E-state index contributed by atoms with van der Waals surface area (Å²) in [7, 11) is 0. The van der Waals surface area contributed by atoms with Crippen LogP contribution in [-0.4, -0.2) is 43.6 Å². The van der Waals surface area contributed by atoms with Gasteiger partial charge in [0.15, 0.2) is 0 Å². The molecule has 33 aromatic rings. The summed E-state index contributed by atoms with van der Waals surface area (Å²) in [5, 5.41) is 32.7. The number of rotatable bonds is 7. The van der Waals surface area contributed by atoms with E-state index in [1.807, 2.05) is 94.7 Å². The van der Waals surface area contributed by atoms with E-state index in [-0.39, 0.29) is 0 Å². The van der Waals surface area contributed by atoms with Gasteiger partial charge in [-0.15, -0.1) is 34.0 Å². The molecule has 664 valence electrons. The Morgan fingerprint density at radius 2 is 0.483 bits per heavy atom. The fourth-order valence-electron chi connectivity index (χ4n) is 23.0. The number of para-hydroxylation sites is 6. The summed E-state index contributed by atoms with van der Waals surface area (Å²) in [6.07, 6.45) is 0. The highest BCUT2D eigenvalue weighted by Crippen LogP contribution is 2.54. The molecule has 0 aliphatic rings. The minimum atomic E-state index is 0.575. The predicted octanol–water partition coefficient (Wildman–Crippen LogP) is 36.0. The normalized spacial score (nSPS) is 12.2. The molecule has 143 heavy (non-hydrogen) atoms. The third-order valence-electron chi connectivity index (χ3n) is 29.1. The highest BCUT2D eigenvalue weighted by Gasteiger charge is 2.32. The molecule has 21 aromatic carbocycles. The third kappa shape index (κ3) is 11.9. The Kier molecular flexibility index (Phi) is 17.3. The number of hydrogen-bond acceptors (Lipinski definition) is 12. The van der Waals surface area contributed by atoms with Crippen molar-refractivity contribution in [2.45, 2.75) is 0 Å². The SMILES string of the molecule is c1ccc(-c2ccc(-c3nc(-n4c5ccccc5c5c6sc7ccccc7c6c6ccccc6c54)nc4oc5ccccc5c34)cc2)cc1.c1ccc2c(-c3nc(-n4c5ccccc5c5c6sc7ccccc7c6c6ccccc6c54)nc4oc5ccccc5c34)cccc2c1.c1ccc2cc(-c3nc(-n4c5ccccc5c5c6sc7ccccc7c6c6ccccc6c54)nc4oc5ccccc5c34)ccc2c1. The summed E-state index contributed by atoms with van der Waals surface area (Å²) >= 11 is 5.59. The maximum atomic E-state index is 6.52. The van der Waals surface area contributed by atoms with Crippen LogP contribution in [0.1, 0.15) is 0 Å². The molecule has 0 N–H and O–H groups in total. The van der Waals surface area contributed by atoms with Crippen molar-refractivity contribution >= 4 is 280 Å². The van der Waals surface area contributed by atoms with E-state index in [1.165, 1.54) is 147 Å². The van der Waals surface area contributed by atoms with E-state index in [1.54, 1.807) is 0 Å². The molecule has 0 aliphatic heterocycles. The largest absolute Gasteiger partial charge is 0.437 e. The van der Waals surface area contributed by atoms with Crippen LogP contribution in [0.5, 0.6) is 0 Å². The fourth-order valence-corrected chi connectivity index (χ4v) is 26.8. The van der Waals surface area contributed by atoms with Gasteiger partial charge in [0.1, 0.15) is 16.7 Å². The molecule has 0 bridgehead atoms. The molecular weight excluding hydrogens is 1810 g/mol. The Balaban J connectivity index is 0.0000000981. The summed E-state index contributed by atoms with van der Waals surface area (Å²) in [4.78, 5) is 32.1. The second kappa shape index (κ2) is 31.1. The van der Waals surface area contributed by atoms with Crippen LogP contribution in [0.3, 0.4) is 0 Å². The lowest BCUT2D eigenvalue weighted by molar-refractivity contribution is 0.651. The van der Waals surface area contributed by atoms with E-state index in [0.717, 1.165) is 127 Å². The van der Waals surface area contributed by atoms with Gasteiger partial charge in [0, 0.05) is 142 Å². The lowest BCUT2D eigenvalue weighted by Crippen LogP contribution is -2.03. The molecule has 0 radical (unpaired) electrons. The monoisotopic (exact) mass is 1880 g/mol. The molecule has 0 saturated carbocycles. The van der Waals surface area contributed by atoms with Crippen molar-refractivity contribution in [2.75, 3.05) is 0 Å². The zero-order valence-corrected chi connectivity index (χ0v) is 78.4. The first-order valence-electron chi connectivity index (χ1n) is 47.9. The minimum Gasteiger partial charge on any atom is -0.437 e. The van der Waals surface area contributed by atoms with Crippen LogP contribution in [0.25, 0.3) is 309 Å². The summed E-state index contributed by atoms with van der Waals surface area (Å²) in [6.45, 7) is 0. The fraction of sp³-hybridized carbons (Fsp3) is 0. The molecule has 0 atom stereocenters. The molecule has 12 aromatic heterocycles. The van der Waals surface area contributed by atoms with E-state index in [4.69, 9.17) is 43.2 Å². The predicted molar refractivity (Wildman–Crippen MR) is 599 cm³/mol. The van der Waals surface area contributed by atoms with E-state index < -0.39 is 0 Å². The smallest absolute Gasteiger partial charge is 0.238 e. The molecule has 12 heterocycles. The topological polar surface area (TPSA) is 132 Å².